The molecule has 0 bridgehead atoms. The Balaban J connectivity index is 1.84. The van der Waals surface area contributed by atoms with Gasteiger partial charge in [-0.15, -0.1) is 0 Å². The minimum absolute atomic E-state index is 0.0362. The summed E-state index contributed by atoms with van der Waals surface area (Å²) in [4.78, 5) is 22.3. The van der Waals surface area contributed by atoms with Gasteiger partial charge in [0, 0.05) is 6.54 Å². The van der Waals surface area contributed by atoms with Crippen molar-refractivity contribution in [1.82, 2.24) is 5.32 Å². The van der Waals surface area contributed by atoms with Crippen LogP contribution in [0.4, 0.5) is 0 Å². The van der Waals surface area contributed by atoms with Crippen LogP contribution in [0.25, 0.3) is 0 Å². The number of benzene rings is 1. The molecule has 3 N–H and O–H groups in total. The van der Waals surface area contributed by atoms with Gasteiger partial charge in [-0.3, -0.25) is 9.59 Å². The van der Waals surface area contributed by atoms with Gasteiger partial charge in [0.15, 0.2) is 0 Å². The third-order valence-corrected chi connectivity index (χ3v) is 3.09. The first kappa shape index (κ1) is 12.6. The van der Waals surface area contributed by atoms with Gasteiger partial charge in [0.25, 0.3) is 0 Å². The van der Waals surface area contributed by atoms with Gasteiger partial charge in [0.1, 0.15) is 0 Å². The van der Waals surface area contributed by atoms with E-state index in [1.54, 1.807) is 6.07 Å². The number of hydrogen-bond acceptors (Lipinski definition) is 3. The quantitative estimate of drug-likeness (QED) is 0.710. The molecule has 5 heteroatoms. The molecule has 0 radical (unpaired) electrons. The van der Waals surface area contributed by atoms with Crippen molar-refractivity contribution in [3.05, 3.63) is 35.4 Å². The first-order chi connectivity index (χ1) is 8.61. The van der Waals surface area contributed by atoms with Crippen molar-refractivity contribution in [2.24, 2.45) is 11.8 Å². The third-order valence-electron chi connectivity index (χ3n) is 3.09. The maximum atomic E-state index is 11.6. The summed E-state index contributed by atoms with van der Waals surface area (Å²) in [6.45, 7) is 0.320. The molecule has 5 nitrogen and oxygen atoms in total. The number of carbonyl (C=O) groups excluding carboxylic acids is 1. The number of aliphatic hydroxyl groups is 1. The van der Waals surface area contributed by atoms with Gasteiger partial charge in [-0.05, 0) is 17.5 Å². The van der Waals surface area contributed by atoms with Gasteiger partial charge in [-0.2, -0.15) is 0 Å². The van der Waals surface area contributed by atoms with E-state index in [9.17, 15) is 9.59 Å². The zero-order valence-electron chi connectivity index (χ0n) is 9.80. The minimum Gasteiger partial charge on any atom is -0.481 e. The first-order valence-electron chi connectivity index (χ1n) is 5.81. The Morgan fingerprint density at radius 3 is 2.61 bits per heavy atom. The lowest BCUT2D eigenvalue weighted by molar-refractivity contribution is -0.140. The highest BCUT2D eigenvalue weighted by atomic mass is 16.4. The molecule has 1 fully saturated rings. The fourth-order valence-electron chi connectivity index (χ4n) is 1.92. The molecule has 2 unspecified atom stereocenters. The maximum Gasteiger partial charge on any atom is 0.307 e. The van der Waals surface area contributed by atoms with E-state index in [4.69, 9.17) is 10.2 Å². The zero-order valence-corrected chi connectivity index (χ0v) is 9.80. The Kier molecular flexibility index (Phi) is 3.62. The van der Waals surface area contributed by atoms with Gasteiger partial charge in [0.05, 0.1) is 18.4 Å². The molecule has 1 aromatic rings. The Bertz CT molecular complexity index is 472. The molecule has 1 aliphatic rings. The van der Waals surface area contributed by atoms with Crippen LogP contribution in [0.2, 0.25) is 0 Å². The van der Waals surface area contributed by atoms with Gasteiger partial charge >= 0.3 is 5.97 Å². The summed E-state index contributed by atoms with van der Waals surface area (Å²) < 4.78 is 0. The van der Waals surface area contributed by atoms with E-state index < -0.39 is 11.9 Å². The second-order valence-electron chi connectivity index (χ2n) is 4.48. The van der Waals surface area contributed by atoms with Crippen LogP contribution in [0.5, 0.6) is 0 Å². The summed E-state index contributed by atoms with van der Waals surface area (Å²) in [5.74, 6) is -2.02. The smallest absolute Gasteiger partial charge is 0.307 e. The van der Waals surface area contributed by atoms with Crippen LogP contribution >= 0.6 is 0 Å². The Morgan fingerprint density at radius 1 is 1.28 bits per heavy atom. The van der Waals surface area contributed by atoms with Crippen LogP contribution in [0, 0.1) is 11.8 Å². The fraction of sp³-hybridized carbons (Fsp3) is 0.385. The topological polar surface area (TPSA) is 86.6 Å². The number of carbonyl (C=O) groups is 2. The summed E-state index contributed by atoms with van der Waals surface area (Å²) in [5.41, 5.74) is 1.68. The first-order valence-corrected chi connectivity index (χ1v) is 5.81. The van der Waals surface area contributed by atoms with Gasteiger partial charge < -0.3 is 15.5 Å². The van der Waals surface area contributed by atoms with E-state index in [0.29, 0.717) is 13.0 Å². The SMILES string of the molecule is O=C(O)C1CC1C(=O)NCc1cccc(CO)c1. The molecular weight excluding hydrogens is 234 g/mol. The monoisotopic (exact) mass is 249 g/mol. The van der Waals surface area contributed by atoms with Crippen molar-refractivity contribution in [3.63, 3.8) is 0 Å². The molecule has 1 aliphatic carbocycles. The summed E-state index contributed by atoms with van der Waals surface area (Å²) in [6.07, 6.45) is 0.428. The average molecular weight is 249 g/mol. The predicted octanol–water partition coefficient (Wildman–Crippen LogP) is 0.516. The highest BCUT2D eigenvalue weighted by Gasteiger charge is 2.48. The molecule has 2 rings (SSSR count). The van der Waals surface area contributed by atoms with E-state index in [-0.39, 0.29) is 18.4 Å². The van der Waals surface area contributed by atoms with E-state index >= 15 is 0 Å². The van der Waals surface area contributed by atoms with Gasteiger partial charge in [-0.25, -0.2) is 0 Å². The van der Waals surface area contributed by atoms with Gasteiger partial charge in [0.2, 0.25) is 5.91 Å². The van der Waals surface area contributed by atoms with Crippen molar-refractivity contribution in [2.45, 2.75) is 19.6 Å². The van der Waals surface area contributed by atoms with Crippen molar-refractivity contribution >= 4 is 11.9 Å². The summed E-state index contributed by atoms with van der Waals surface area (Å²) in [7, 11) is 0. The van der Waals surface area contributed by atoms with E-state index in [1.165, 1.54) is 0 Å². The number of aliphatic hydroxyl groups excluding tert-OH is 1. The second-order valence-corrected chi connectivity index (χ2v) is 4.48. The van der Waals surface area contributed by atoms with E-state index in [0.717, 1.165) is 11.1 Å². The number of amides is 1. The predicted molar refractivity (Wildman–Crippen MR) is 63.4 cm³/mol. The van der Waals surface area contributed by atoms with Crippen LogP contribution < -0.4 is 5.32 Å². The zero-order chi connectivity index (χ0) is 13.1. The molecule has 0 saturated heterocycles. The molecule has 1 amide bonds. The summed E-state index contributed by atoms with van der Waals surface area (Å²) >= 11 is 0. The summed E-state index contributed by atoms with van der Waals surface area (Å²) in [5, 5.41) is 20.4. The Labute approximate surface area is 104 Å². The van der Waals surface area contributed by atoms with Crippen molar-refractivity contribution in [2.75, 3.05) is 0 Å². The number of rotatable bonds is 5. The lowest BCUT2D eigenvalue weighted by Gasteiger charge is -2.06. The molecule has 96 valence electrons. The largest absolute Gasteiger partial charge is 0.481 e. The Morgan fingerprint density at radius 2 is 2.00 bits per heavy atom. The lowest BCUT2D eigenvalue weighted by atomic mass is 10.1. The molecule has 1 saturated carbocycles. The second kappa shape index (κ2) is 5.18. The number of nitrogens with one attached hydrogen (secondary N) is 1. The van der Waals surface area contributed by atoms with Crippen molar-refractivity contribution in [3.8, 4) is 0 Å². The van der Waals surface area contributed by atoms with E-state index in [1.807, 2.05) is 18.2 Å². The molecule has 0 heterocycles. The van der Waals surface area contributed by atoms with Crippen LogP contribution in [-0.4, -0.2) is 22.1 Å². The Hall–Kier alpha value is -1.88. The molecule has 0 aliphatic heterocycles. The summed E-state index contributed by atoms with van der Waals surface area (Å²) in [6, 6.07) is 7.26. The number of carboxylic acids is 1. The standard InChI is InChI=1S/C13H15NO4/c15-7-9-3-1-2-8(4-9)6-14-12(16)10-5-11(10)13(17)18/h1-4,10-11,15H,5-7H2,(H,14,16)(H,17,18). The third kappa shape index (κ3) is 2.87. The van der Waals surface area contributed by atoms with Crippen LogP contribution in [0.1, 0.15) is 17.5 Å². The maximum absolute atomic E-state index is 11.6. The number of carboxylic acid groups (broad SMARTS) is 1. The number of hydrogen-bond donors (Lipinski definition) is 3. The fourth-order valence-corrected chi connectivity index (χ4v) is 1.92. The molecular formula is C13H15NO4. The highest BCUT2D eigenvalue weighted by Crippen LogP contribution is 2.38. The average Bonchev–Trinajstić information content (AvgIpc) is 3.16. The van der Waals surface area contributed by atoms with Crippen LogP contribution in [-0.2, 0) is 22.7 Å². The lowest BCUT2D eigenvalue weighted by Crippen LogP contribution is -2.25. The number of aliphatic carboxylic acids is 1. The molecule has 2 atom stereocenters. The molecule has 1 aromatic carbocycles. The normalized spacial score (nSPS) is 21.4. The van der Waals surface area contributed by atoms with Crippen LogP contribution in [0.15, 0.2) is 24.3 Å². The molecule has 0 aromatic heterocycles. The molecule has 0 spiro atoms. The molecule has 18 heavy (non-hydrogen) atoms. The van der Waals surface area contributed by atoms with Gasteiger partial charge in [-0.1, -0.05) is 24.3 Å². The highest BCUT2D eigenvalue weighted by molar-refractivity contribution is 5.89. The van der Waals surface area contributed by atoms with Crippen molar-refractivity contribution < 1.29 is 19.8 Å². The van der Waals surface area contributed by atoms with Crippen molar-refractivity contribution in [1.29, 1.82) is 0 Å². The van der Waals surface area contributed by atoms with E-state index in [2.05, 4.69) is 5.32 Å². The van der Waals surface area contributed by atoms with Crippen LogP contribution in [0.3, 0.4) is 0 Å². The minimum atomic E-state index is -0.905.